The van der Waals surface area contributed by atoms with E-state index in [0.29, 0.717) is 5.69 Å². The van der Waals surface area contributed by atoms with Gasteiger partial charge < -0.3 is 5.32 Å². The molecule has 140 valence electrons. The van der Waals surface area contributed by atoms with Crippen LogP contribution in [0.3, 0.4) is 0 Å². The molecule has 0 spiro atoms. The Morgan fingerprint density at radius 2 is 1.78 bits per heavy atom. The Kier molecular flexibility index (Phi) is 4.25. The highest BCUT2D eigenvalue weighted by Gasteiger charge is 2.56. The molecule has 3 aliphatic carbocycles. The molecule has 0 aromatic heterocycles. The molecule has 1 aliphatic heterocycles. The zero-order valence-corrected chi connectivity index (χ0v) is 14.5. The number of nitro benzene ring substituents is 1. The van der Waals surface area contributed by atoms with Crippen LogP contribution < -0.4 is 5.32 Å². The monoisotopic (exact) mass is 369 g/mol. The lowest BCUT2D eigenvalue weighted by molar-refractivity contribution is -0.384. The van der Waals surface area contributed by atoms with Gasteiger partial charge in [0.05, 0.1) is 16.8 Å². The van der Waals surface area contributed by atoms with Crippen molar-refractivity contribution in [3.8, 4) is 0 Å². The second-order valence-electron chi connectivity index (χ2n) is 7.28. The lowest BCUT2D eigenvalue weighted by atomic mass is 9.63. The summed E-state index contributed by atoms with van der Waals surface area (Å²) in [6, 6.07) is 5.63. The number of likely N-dealkylation sites (tertiary alicyclic amines) is 1. The number of rotatable bonds is 5. The van der Waals surface area contributed by atoms with Crippen LogP contribution in [-0.4, -0.2) is 34.1 Å². The Balaban J connectivity index is 1.38. The molecule has 0 radical (unpaired) electrons. The van der Waals surface area contributed by atoms with Gasteiger partial charge in [0, 0.05) is 30.8 Å². The number of imide groups is 1. The van der Waals surface area contributed by atoms with Crippen molar-refractivity contribution in [2.45, 2.75) is 19.3 Å². The van der Waals surface area contributed by atoms with Crippen LogP contribution in [0, 0.1) is 33.8 Å². The normalized spacial score (nSPS) is 28.4. The Hall–Kier alpha value is -3.03. The number of carbonyl (C=O) groups excluding carboxylic acids is 3. The molecule has 4 unspecified atom stereocenters. The number of anilines is 1. The van der Waals surface area contributed by atoms with E-state index < -0.39 is 10.8 Å². The van der Waals surface area contributed by atoms with Crippen LogP contribution in [0.1, 0.15) is 19.3 Å². The van der Waals surface area contributed by atoms with E-state index in [1.807, 2.05) is 0 Å². The number of hydrogen-bond donors (Lipinski definition) is 1. The van der Waals surface area contributed by atoms with Crippen LogP contribution in [0.4, 0.5) is 11.4 Å². The first kappa shape index (κ1) is 17.4. The predicted molar refractivity (Wildman–Crippen MR) is 95.4 cm³/mol. The second-order valence-corrected chi connectivity index (χ2v) is 7.28. The van der Waals surface area contributed by atoms with Crippen molar-refractivity contribution in [1.82, 2.24) is 4.90 Å². The molecule has 4 aliphatic rings. The van der Waals surface area contributed by atoms with Crippen molar-refractivity contribution < 1.29 is 19.3 Å². The van der Waals surface area contributed by atoms with Crippen molar-refractivity contribution in [2.24, 2.45) is 23.7 Å². The summed E-state index contributed by atoms with van der Waals surface area (Å²) in [6.07, 6.45) is 5.94. The molecular formula is C19H19N3O5. The van der Waals surface area contributed by atoms with E-state index >= 15 is 0 Å². The standard InChI is InChI=1S/C19H19N3O5/c23-15(20-13-2-1-3-14(10-13)22(26)27)8-9-21-18(24)16-11-4-5-12(7-6-11)17(16)19(21)25/h1-5,10-12,16-17H,6-9H2,(H,20,23). The number of hydrogen-bond acceptors (Lipinski definition) is 5. The van der Waals surface area contributed by atoms with Crippen LogP contribution in [0.2, 0.25) is 0 Å². The summed E-state index contributed by atoms with van der Waals surface area (Å²) in [7, 11) is 0. The Morgan fingerprint density at radius 1 is 1.15 bits per heavy atom. The SMILES string of the molecule is O=C(CCN1C(=O)C2C3C=CC(CC3)C2C1=O)Nc1cccc([N+](=O)[O-])c1. The quantitative estimate of drug-likeness (QED) is 0.370. The Bertz CT molecular complexity index is 833. The van der Waals surface area contributed by atoms with Crippen LogP contribution in [0.5, 0.6) is 0 Å². The van der Waals surface area contributed by atoms with E-state index in [2.05, 4.69) is 17.5 Å². The van der Waals surface area contributed by atoms with E-state index in [4.69, 9.17) is 0 Å². The maximum atomic E-state index is 12.7. The van der Waals surface area contributed by atoms with Gasteiger partial charge in [0.25, 0.3) is 5.69 Å². The summed E-state index contributed by atoms with van der Waals surface area (Å²) in [5, 5.41) is 13.4. The van der Waals surface area contributed by atoms with Crippen molar-refractivity contribution in [2.75, 3.05) is 11.9 Å². The number of non-ortho nitro benzene ring substituents is 1. The van der Waals surface area contributed by atoms with E-state index in [-0.39, 0.29) is 54.1 Å². The third kappa shape index (κ3) is 3.01. The smallest absolute Gasteiger partial charge is 0.271 e. The summed E-state index contributed by atoms with van der Waals surface area (Å²) in [6.45, 7) is 0.0326. The first-order chi connectivity index (χ1) is 13.0. The summed E-state index contributed by atoms with van der Waals surface area (Å²) in [4.78, 5) is 49.0. The molecule has 1 heterocycles. The van der Waals surface area contributed by atoms with E-state index in [1.165, 1.54) is 23.1 Å². The number of nitrogens with one attached hydrogen (secondary N) is 1. The number of amides is 3. The lowest BCUT2D eigenvalue weighted by Crippen LogP contribution is -2.38. The van der Waals surface area contributed by atoms with Gasteiger partial charge in [-0.2, -0.15) is 0 Å². The first-order valence-corrected chi connectivity index (χ1v) is 9.03. The topological polar surface area (TPSA) is 110 Å². The van der Waals surface area contributed by atoms with Gasteiger partial charge >= 0.3 is 0 Å². The number of carbonyl (C=O) groups is 3. The molecule has 27 heavy (non-hydrogen) atoms. The minimum Gasteiger partial charge on any atom is -0.326 e. The van der Waals surface area contributed by atoms with Crippen molar-refractivity contribution in [3.05, 3.63) is 46.5 Å². The third-order valence-corrected chi connectivity index (χ3v) is 5.75. The first-order valence-electron chi connectivity index (χ1n) is 9.03. The largest absolute Gasteiger partial charge is 0.326 e. The van der Waals surface area contributed by atoms with Gasteiger partial charge in [-0.1, -0.05) is 18.2 Å². The van der Waals surface area contributed by atoms with Crippen molar-refractivity contribution in [3.63, 3.8) is 0 Å². The Morgan fingerprint density at radius 3 is 2.33 bits per heavy atom. The molecule has 1 N–H and O–H groups in total. The molecule has 8 heteroatoms. The van der Waals surface area contributed by atoms with Gasteiger partial charge in [-0.15, -0.1) is 0 Å². The average molecular weight is 369 g/mol. The number of benzene rings is 1. The number of nitro groups is 1. The number of allylic oxidation sites excluding steroid dienone is 2. The summed E-state index contributed by atoms with van der Waals surface area (Å²) in [5.74, 6) is -1.05. The molecule has 4 atom stereocenters. The third-order valence-electron chi connectivity index (χ3n) is 5.75. The van der Waals surface area contributed by atoms with E-state index in [0.717, 1.165) is 12.8 Å². The van der Waals surface area contributed by atoms with E-state index in [9.17, 15) is 24.5 Å². The van der Waals surface area contributed by atoms with Crippen LogP contribution >= 0.6 is 0 Å². The van der Waals surface area contributed by atoms with Crippen LogP contribution in [0.25, 0.3) is 0 Å². The zero-order valence-electron chi connectivity index (χ0n) is 14.5. The molecule has 1 aromatic carbocycles. The second kappa shape index (κ2) is 6.61. The summed E-state index contributed by atoms with van der Waals surface area (Å²) in [5.41, 5.74) is 0.189. The summed E-state index contributed by atoms with van der Waals surface area (Å²) < 4.78 is 0. The molecular weight excluding hydrogens is 350 g/mol. The number of nitrogens with zero attached hydrogens (tertiary/aromatic N) is 2. The highest BCUT2D eigenvalue weighted by atomic mass is 16.6. The molecule has 2 fully saturated rings. The van der Waals surface area contributed by atoms with E-state index in [1.54, 1.807) is 6.07 Å². The van der Waals surface area contributed by atoms with Crippen LogP contribution in [0.15, 0.2) is 36.4 Å². The summed E-state index contributed by atoms with van der Waals surface area (Å²) >= 11 is 0. The van der Waals surface area contributed by atoms with Crippen LogP contribution in [-0.2, 0) is 14.4 Å². The average Bonchev–Trinajstić information content (AvgIpc) is 2.94. The van der Waals surface area contributed by atoms with Gasteiger partial charge in [-0.25, -0.2) is 0 Å². The van der Waals surface area contributed by atoms with Gasteiger partial charge in [0.15, 0.2) is 0 Å². The highest BCUT2D eigenvalue weighted by Crippen LogP contribution is 2.49. The highest BCUT2D eigenvalue weighted by molar-refractivity contribution is 6.06. The van der Waals surface area contributed by atoms with Gasteiger partial charge in [0.2, 0.25) is 17.7 Å². The molecule has 1 aromatic rings. The maximum Gasteiger partial charge on any atom is 0.271 e. The van der Waals surface area contributed by atoms with Crippen molar-refractivity contribution >= 4 is 29.1 Å². The fraction of sp³-hybridized carbons (Fsp3) is 0.421. The Labute approximate surface area is 155 Å². The van der Waals surface area contributed by atoms with Gasteiger partial charge in [0.1, 0.15) is 0 Å². The van der Waals surface area contributed by atoms with Gasteiger partial charge in [-0.05, 0) is 30.7 Å². The fourth-order valence-corrected chi connectivity index (χ4v) is 4.49. The minimum absolute atomic E-state index is 0.0326. The molecule has 3 amide bonds. The predicted octanol–water partition coefficient (Wildman–Crippen LogP) is 2.12. The molecule has 1 saturated heterocycles. The minimum atomic E-state index is -0.540. The van der Waals surface area contributed by atoms with Crippen molar-refractivity contribution in [1.29, 1.82) is 0 Å². The zero-order chi connectivity index (χ0) is 19.1. The van der Waals surface area contributed by atoms with Gasteiger partial charge in [-0.3, -0.25) is 29.4 Å². The maximum absolute atomic E-state index is 12.7. The fourth-order valence-electron chi connectivity index (χ4n) is 4.49. The number of fused-ring (bicyclic) bond motifs is 1. The molecule has 8 nitrogen and oxygen atoms in total. The molecule has 5 rings (SSSR count). The lowest BCUT2D eigenvalue weighted by Gasteiger charge is -2.38. The molecule has 2 bridgehead atoms. The molecule has 1 saturated carbocycles.